The molecule has 0 atom stereocenters. The first-order valence-corrected chi connectivity index (χ1v) is 51.1. The Labute approximate surface area is 853 Å². The molecule has 698 valence electrons. The van der Waals surface area contributed by atoms with Crippen molar-refractivity contribution in [1.82, 2.24) is 32.0 Å². The molecule has 0 spiro atoms. The van der Waals surface area contributed by atoms with Crippen LogP contribution in [0, 0.1) is 0 Å². The summed E-state index contributed by atoms with van der Waals surface area (Å²) in [7, 11) is 0. The molecule has 0 unspecified atom stereocenters. The normalized spacial score (nSPS) is 12.0. The van der Waals surface area contributed by atoms with E-state index in [0.717, 1.165) is 11.4 Å². The van der Waals surface area contributed by atoms with Gasteiger partial charge >= 0.3 is 0 Å². The fourth-order valence-corrected chi connectivity index (χ4v) is 23.2. The minimum atomic E-state index is 0.0623. The van der Waals surface area contributed by atoms with Gasteiger partial charge in [-0.3, -0.25) is 0 Å². The van der Waals surface area contributed by atoms with Gasteiger partial charge in [-0.2, -0.15) is 0 Å². The Balaban J connectivity index is 0.000000109. The van der Waals surface area contributed by atoms with Gasteiger partial charge in [-0.15, -0.1) is 0 Å². The van der Waals surface area contributed by atoms with E-state index in [2.05, 4.69) is 589 Å². The highest BCUT2D eigenvalue weighted by atomic mass is 15.0. The molecule has 0 radical (unpaired) electrons. The first kappa shape index (κ1) is 87.5. The highest BCUT2D eigenvalue weighted by Crippen LogP contribution is 2.47. The third-order valence-corrected chi connectivity index (χ3v) is 30.4. The maximum atomic E-state index is 2.43. The van der Waals surface area contributed by atoms with Gasteiger partial charge in [0.05, 0.1) is 77.2 Å². The van der Waals surface area contributed by atoms with Gasteiger partial charge < -0.3 is 32.0 Å². The molecule has 29 rings (SSSR count). The van der Waals surface area contributed by atoms with Crippen molar-refractivity contribution >= 4 is 153 Å². The lowest BCUT2D eigenvalue weighted by molar-refractivity contribution is 0.590. The maximum Gasteiger partial charge on any atom is 0.0561 e. The Hall–Kier alpha value is -18.6. The molecule has 0 bridgehead atoms. The van der Waals surface area contributed by atoms with E-state index in [4.69, 9.17) is 0 Å². The number of hydrogen-bond acceptors (Lipinski definition) is 0. The summed E-state index contributed by atoms with van der Waals surface area (Å²) < 4.78 is 16.8. The van der Waals surface area contributed by atoms with E-state index in [9.17, 15) is 0 Å². The molecule has 22 aromatic carbocycles. The van der Waals surface area contributed by atoms with Crippen molar-refractivity contribution in [2.45, 2.75) is 52.4 Å². The molecule has 7 heterocycles. The molecule has 7 aromatic heterocycles. The van der Waals surface area contributed by atoms with Gasteiger partial charge in [0.15, 0.2) is 0 Å². The van der Waals surface area contributed by atoms with E-state index in [1.165, 1.54) is 248 Å². The average molecular weight is 1880 g/mol. The number of para-hydroxylation sites is 9. The largest absolute Gasteiger partial charge is 0.309 e. The summed E-state index contributed by atoms with van der Waals surface area (Å²) in [5.74, 6) is 0. The third kappa shape index (κ3) is 15.0. The number of nitrogens with zero attached hydrogens (tertiary/aromatic N) is 7. The second-order valence-electron chi connectivity index (χ2n) is 41.2. The van der Waals surface area contributed by atoms with Crippen molar-refractivity contribution in [2.75, 3.05) is 0 Å². The Morgan fingerprint density at radius 1 is 0.109 bits per heavy atom. The Kier molecular flexibility index (Phi) is 21.0. The highest BCUT2D eigenvalue weighted by Gasteiger charge is 2.26. The Morgan fingerprint density at radius 2 is 0.299 bits per heavy atom. The van der Waals surface area contributed by atoms with Crippen LogP contribution in [0.15, 0.2) is 516 Å². The SMILES string of the molecule is CC(C)(C)c1ccc(-n2c3ccccc3c3cc(-c4ccc5c(c4)c4ccccc4n5-c4ccc(-c5ccccc5)cc4)ccc32)cc1.CC(C)(C)c1ccc2c(c1)c1cc(-c3ccc4c(c3)c3ccccc3n4-c3cccc(-c4ccccc4)c3)ccc1n2-c1ccccc1.c1ccc(-n2c3ccccc3c3cc(-c4ccc5c(c4)c4ccccc4n5-c4ccc5c6ccccc6n(-c6ccccc6)c5c4)ccc32)cc1. The molecule has 147 heavy (non-hydrogen) atoms. The van der Waals surface area contributed by atoms with Crippen LogP contribution in [0.3, 0.4) is 0 Å². The molecule has 0 saturated carbocycles. The molecular formula is C140H103N7. The Morgan fingerprint density at radius 3 is 0.633 bits per heavy atom. The highest BCUT2D eigenvalue weighted by molar-refractivity contribution is 6.18. The van der Waals surface area contributed by atoms with Gasteiger partial charge in [0.2, 0.25) is 0 Å². The minimum absolute atomic E-state index is 0.0623. The fourth-order valence-electron chi connectivity index (χ4n) is 23.2. The zero-order valence-corrected chi connectivity index (χ0v) is 82.7. The number of hydrogen-bond donors (Lipinski definition) is 0. The van der Waals surface area contributed by atoms with Crippen molar-refractivity contribution in [1.29, 1.82) is 0 Å². The van der Waals surface area contributed by atoms with Crippen LogP contribution in [0.1, 0.15) is 52.7 Å². The zero-order valence-electron chi connectivity index (χ0n) is 82.7. The summed E-state index contributed by atoms with van der Waals surface area (Å²) in [6, 6.07) is 188. The lowest BCUT2D eigenvalue weighted by atomic mass is 9.86. The van der Waals surface area contributed by atoms with Crippen LogP contribution in [-0.4, -0.2) is 32.0 Å². The van der Waals surface area contributed by atoms with E-state index in [1.54, 1.807) is 0 Å². The summed E-state index contributed by atoms with van der Waals surface area (Å²) in [5.41, 5.74) is 40.3. The molecule has 29 aromatic rings. The predicted octanol–water partition coefficient (Wildman–Crippen LogP) is 37.7. The van der Waals surface area contributed by atoms with E-state index < -0.39 is 0 Å². The van der Waals surface area contributed by atoms with Crippen LogP contribution < -0.4 is 0 Å². The number of rotatable bonds is 12. The van der Waals surface area contributed by atoms with Crippen LogP contribution in [0.4, 0.5) is 0 Å². The van der Waals surface area contributed by atoms with E-state index in [1.807, 2.05) is 0 Å². The number of aromatic nitrogens is 7. The Bertz CT molecular complexity index is 10200. The minimum Gasteiger partial charge on any atom is -0.309 e. The van der Waals surface area contributed by atoms with Crippen molar-refractivity contribution in [2.24, 2.45) is 0 Å². The summed E-state index contributed by atoms with van der Waals surface area (Å²) in [6.45, 7) is 13.7. The molecule has 0 amide bonds. The average Bonchev–Trinajstić information content (AvgIpc) is 1.52. The molecule has 0 saturated heterocycles. The van der Waals surface area contributed by atoms with E-state index in [0.29, 0.717) is 0 Å². The fraction of sp³-hybridized carbons (Fsp3) is 0.0571. The summed E-state index contributed by atoms with van der Waals surface area (Å²) in [4.78, 5) is 0. The summed E-state index contributed by atoms with van der Waals surface area (Å²) >= 11 is 0. The second-order valence-corrected chi connectivity index (χ2v) is 41.2. The molecule has 0 aliphatic heterocycles. The molecule has 7 nitrogen and oxygen atoms in total. The van der Waals surface area contributed by atoms with Crippen LogP contribution >= 0.6 is 0 Å². The predicted molar refractivity (Wildman–Crippen MR) is 624 cm³/mol. The van der Waals surface area contributed by atoms with Gasteiger partial charge in [-0.05, 0) is 284 Å². The van der Waals surface area contributed by atoms with Crippen molar-refractivity contribution in [3.05, 3.63) is 527 Å². The van der Waals surface area contributed by atoms with Crippen LogP contribution in [0.5, 0.6) is 0 Å². The molecule has 0 fully saturated rings. The van der Waals surface area contributed by atoms with Gasteiger partial charge in [-0.1, -0.05) is 351 Å². The van der Waals surface area contributed by atoms with Crippen LogP contribution in [-0.2, 0) is 10.8 Å². The van der Waals surface area contributed by atoms with Gasteiger partial charge in [0.1, 0.15) is 0 Å². The van der Waals surface area contributed by atoms with Crippen molar-refractivity contribution in [3.63, 3.8) is 0 Å². The van der Waals surface area contributed by atoms with E-state index in [-0.39, 0.29) is 10.8 Å². The standard InChI is InChI=1S/C48H31N3.2C46H36N2/c1-3-13-34(14-4-1)49-44-21-11-8-18-38(44)41-29-32(23-27-46(41)49)33-24-28-47-42(30-33)39-19-9-12-22-45(39)51(47)36-25-26-40-37-17-7-10-20-43(37)50(48(40)31-36)35-15-5-2-6-16-35;1-46(2,3)35-23-26-45-41(30-35)40-29-34(22-25-44(40)47(45)36-16-8-5-9-17-36)33-21-24-43-39(28-33)38-19-10-11-20-42(38)48(43)37-18-12-15-32(27-37)31-13-6-4-7-14-31;1-46(2,3)35-21-25-37(26-22-35)48-43-16-10-8-14-39(43)41-30-34(20-28-45(41)48)33-19-27-44-40(29-33)38-13-7-9-15-42(38)47(44)36-23-17-32(18-24-36)31-11-5-4-6-12-31/h1-31H;2*4-30H,1-3H3. The summed E-state index contributed by atoms with van der Waals surface area (Å²) in [5, 5.41) is 17.7. The molecule has 0 N–H and O–H groups in total. The monoisotopic (exact) mass is 1880 g/mol. The first-order chi connectivity index (χ1) is 72.2. The van der Waals surface area contributed by atoms with Crippen LogP contribution in [0.25, 0.3) is 248 Å². The maximum absolute atomic E-state index is 2.43. The lowest BCUT2D eigenvalue weighted by Gasteiger charge is -2.19. The van der Waals surface area contributed by atoms with Crippen molar-refractivity contribution in [3.8, 4) is 95.4 Å². The third-order valence-electron chi connectivity index (χ3n) is 30.4. The zero-order chi connectivity index (χ0) is 98.3. The van der Waals surface area contributed by atoms with Crippen LogP contribution in [0.2, 0.25) is 0 Å². The summed E-state index contributed by atoms with van der Waals surface area (Å²) in [6.07, 6.45) is 0. The molecule has 0 aliphatic carbocycles. The van der Waals surface area contributed by atoms with Gasteiger partial charge in [0, 0.05) is 115 Å². The van der Waals surface area contributed by atoms with Gasteiger partial charge in [0.25, 0.3) is 0 Å². The molecule has 0 aliphatic rings. The van der Waals surface area contributed by atoms with Gasteiger partial charge in [-0.25, -0.2) is 0 Å². The second kappa shape index (κ2) is 35.2. The van der Waals surface area contributed by atoms with Crippen molar-refractivity contribution < 1.29 is 0 Å². The molecule has 7 heteroatoms. The topological polar surface area (TPSA) is 34.5 Å². The quantitative estimate of drug-likeness (QED) is 0.117. The number of benzene rings is 22. The number of fused-ring (bicyclic) bond motifs is 21. The van der Waals surface area contributed by atoms with E-state index >= 15 is 0 Å². The lowest BCUT2D eigenvalue weighted by Crippen LogP contribution is -2.10. The first-order valence-electron chi connectivity index (χ1n) is 51.1. The molecular weight excluding hydrogens is 1780 g/mol. The smallest absolute Gasteiger partial charge is 0.0561 e.